The molecule has 1 aliphatic heterocycles. The summed E-state index contributed by atoms with van der Waals surface area (Å²) in [6.45, 7) is 3.46. The van der Waals surface area contributed by atoms with E-state index in [2.05, 4.69) is 26.9 Å². The lowest BCUT2D eigenvalue weighted by Gasteiger charge is -2.34. The molecule has 2 rings (SSSR count). The molecule has 1 fully saturated rings. The van der Waals surface area contributed by atoms with E-state index in [9.17, 15) is 0 Å². The lowest BCUT2D eigenvalue weighted by molar-refractivity contribution is -0.00215. The predicted molar refractivity (Wildman–Crippen MR) is 78.4 cm³/mol. The zero-order valence-corrected chi connectivity index (χ0v) is 13.0. The first-order valence-electron chi connectivity index (χ1n) is 6.37. The largest absolute Gasteiger partial charge is 0.493 e. The van der Waals surface area contributed by atoms with Crippen LogP contribution in [0.25, 0.3) is 0 Å². The molecule has 5 heteroatoms. The first-order valence-corrected chi connectivity index (χ1v) is 7.49. The minimum Gasteiger partial charge on any atom is -0.493 e. The Labute approximate surface area is 122 Å². The van der Waals surface area contributed by atoms with Crippen LogP contribution in [-0.2, 0) is 11.3 Å². The molecule has 0 aromatic heterocycles. The molecule has 1 aromatic rings. The molecule has 0 N–H and O–H groups in total. The molecule has 1 aromatic carbocycles. The molecule has 0 saturated carbocycles. The molecule has 0 aliphatic carbocycles. The maximum atomic E-state index is 5.51. The van der Waals surface area contributed by atoms with Crippen LogP contribution in [-0.4, -0.2) is 50.2 Å². The maximum Gasteiger partial charge on any atom is 0.161 e. The number of ether oxygens (including phenoxy) is 3. The summed E-state index contributed by atoms with van der Waals surface area (Å²) in [4.78, 5) is 2.43. The van der Waals surface area contributed by atoms with Crippen LogP contribution in [0.4, 0.5) is 0 Å². The van der Waals surface area contributed by atoms with E-state index in [-0.39, 0.29) is 0 Å². The van der Waals surface area contributed by atoms with Crippen molar-refractivity contribution in [1.82, 2.24) is 4.90 Å². The fourth-order valence-corrected chi connectivity index (χ4v) is 2.85. The van der Waals surface area contributed by atoms with E-state index in [1.807, 2.05) is 12.1 Å². The van der Waals surface area contributed by atoms with Gasteiger partial charge in [-0.05, 0) is 17.7 Å². The Hall–Kier alpha value is -0.780. The summed E-state index contributed by atoms with van der Waals surface area (Å²) >= 11 is 3.55. The van der Waals surface area contributed by atoms with E-state index in [1.165, 1.54) is 5.56 Å². The first-order chi connectivity index (χ1) is 9.28. The van der Waals surface area contributed by atoms with Crippen LogP contribution < -0.4 is 9.47 Å². The number of halogens is 1. The number of hydrogen-bond donors (Lipinski definition) is 0. The summed E-state index contributed by atoms with van der Waals surface area (Å²) in [5.41, 5.74) is 1.23. The van der Waals surface area contributed by atoms with E-state index >= 15 is 0 Å². The molecule has 1 heterocycles. The Balaban J connectivity index is 2.09. The third-order valence-corrected chi connectivity index (χ3v) is 4.11. The molecule has 1 unspecified atom stereocenters. The Morgan fingerprint density at radius 1 is 1.32 bits per heavy atom. The Bertz CT molecular complexity index is 414. The standard InChI is InChI=1S/C14H20BrNO3/c1-17-13-4-3-11(7-14(13)18-2)9-16-5-6-19-10-12(16)8-15/h3-4,7,12H,5-6,8-10H2,1-2H3. The van der Waals surface area contributed by atoms with Gasteiger partial charge in [-0.25, -0.2) is 0 Å². The van der Waals surface area contributed by atoms with Gasteiger partial charge in [0.1, 0.15) is 0 Å². The summed E-state index contributed by atoms with van der Waals surface area (Å²) in [5, 5.41) is 0.931. The van der Waals surface area contributed by atoms with Gasteiger partial charge in [0.25, 0.3) is 0 Å². The van der Waals surface area contributed by atoms with Gasteiger partial charge in [-0.15, -0.1) is 0 Å². The monoisotopic (exact) mass is 329 g/mol. The van der Waals surface area contributed by atoms with Gasteiger partial charge in [-0.3, -0.25) is 4.90 Å². The van der Waals surface area contributed by atoms with Gasteiger partial charge in [-0.1, -0.05) is 22.0 Å². The Kier molecular flexibility index (Phi) is 5.48. The highest BCUT2D eigenvalue weighted by Gasteiger charge is 2.22. The van der Waals surface area contributed by atoms with Gasteiger partial charge in [-0.2, -0.15) is 0 Å². The molecule has 0 bridgehead atoms. The number of rotatable bonds is 5. The van der Waals surface area contributed by atoms with Crippen LogP contribution in [0.15, 0.2) is 18.2 Å². The molecule has 0 spiro atoms. The van der Waals surface area contributed by atoms with Crippen LogP contribution in [0, 0.1) is 0 Å². The normalized spacial score (nSPS) is 20.3. The van der Waals surface area contributed by atoms with Crippen molar-refractivity contribution >= 4 is 15.9 Å². The third kappa shape index (κ3) is 3.61. The first kappa shape index (κ1) is 14.6. The lowest BCUT2D eigenvalue weighted by Crippen LogP contribution is -2.45. The van der Waals surface area contributed by atoms with E-state index in [0.29, 0.717) is 6.04 Å². The summed E-state index contributed by atoms with van der Waals surface area (Å²) in [7, 11) is 3.32. The van der Waals surface area contributed by atoms with E-state index in [4.69, 9.17) is 14.2 Å². The second kappa shape index (κ2) is 7.12. The number of methoxy groups -OCH3 is 2. The quantitative estimate of drug-likeness (QED) is 0.775. The van der Waals surface area contributed by atoms with Crippen molar-refractivity contribution in [2.45, 2.75) is 12.6 Å². The van der Waals surface area contributed by atoms with E-state index < -0.39 is 0 Å². The van der Waals surface area contributed by atoms with Gasteiger partial charge < -0.3 is 14.2 Å². The van der Waals surface area contributed by atoms with Crippen molar-refractivity contribution < 1.29 is 14.2 Å². The van der Waals surface area contributed by atoms with Crippen LogP contribution >= 0.6 is 15.9 Å². The van der Waals surface area contributed by atoms with Crippen LogP contribution in [0.2, 0.25) is 0 Å². The van der Waals surface area contributed by atoms with Gasteiger partial charge in [0, 0.05) is 24.5 Å². The molecule has 1 aliphatic rings. The molecule has 106 valence electrons. The summed E-state index contributed by atoms with van der Waals surface area (Å²) in [6, 6.07) is 6.52. The molecule has 1 atom stereocenters. The molecule has 1 saturated heterocycles. The Morgan fingerprint density at radius 3 is 2.79 bits per heavy atom. The lowest BCUT2D eigenvalue weighted by atomic mass is 10.1. The van der Waals surface area contributed by atoms with Crippen LogP contribution in [0.5, 0.6) is 11.5 Å². The second-order valence-corrected chi connectivity index (χ2v) is 5.19. The van der Waals surface area contributed by atoms with Gasteiger partial charge in [0.2, 0.25) is 0 Å². The molecular formula is C14H20BrNO3. The predicted octanol–water partition coefficient (Wildman–Crippen LogP) is 2.30. The third-order valence-electron chi connectivity index (χ3n) is 3.36. The summed E-state index contributed by atoms with van der Waals surface area (Å²) in [6.07, 6.45) is 0. The van der Waals surface area contributed by atoms with Gasteiger partial charge in [0.15, 0.2) is 11.5 Å². The van der Waals surface area contributed by atoms with Gasteiger partial charge >= 0.3 is 0 Å². The van der Waals surface area contributed by atoms with Crippen molar-refractivity contribution in [3.8, 4) is 11.5 Å². The second-order valence-electron chi connectivity index (χ2n) is 4.54. The van der Waals surface area contributed by atoms with Crippen molar-refractivity contribution in [3.63, 3.8) is 0 Å². The Morgan fingerprint density at radius 2 is 2.11 bits per heavy atom. The zero-order valence-electron chi connectivity index (χ0n) is 11.4. The summed E-state index contributed by atoms with van der Waals surface area (Å²) < 4.78 is 16.1. The highest BCUT2D eigenvalue weighted by Crippen LogP contribution is 2.28. The van der Waals surface area contributed by atoms with Crippen molar-refractivity contribution in [3.05, 3.63) is 23.8 Å². The van der Waals surface area contributed by atoms with E-state index in [0.717, 1.165) is 43.1 Å². The zero-order chi connectivity index (χ0) is 13.7. The van der Waals surface area contributed by atoms with Crippen molar-refractivity contribution in [2.24, 2.45) is 0 Å². The molecule has 0 amide bonds. The highest BCUT2D eigenvalue weighted by molar-refractivity contribution is 9.09. The average Bonchev–Trinajstić information content (AvgIpc) is 2.47. The topological polar surface area (TPSA) is 30.9 Å². The number of benzene rings is 1. The minimum absolute atomic E-state index is 0.432. The minimum atomic E-state index is 0.432. The van der Waals surface area contributed by atoms with Crippen molar-refractivity contribution in [2.75, 3.05) is 39.3 Å². The smallest absolute Gasteiger partial charge is 0.161 e. The van der Waals surface area contributed by atoms with Crippen LogP contribution in [0.1, 0.15) is 5.56 Å². The number of alkyl halides is 1. The molecule has 0 radical (unpaired) electrons. The van der Waals surface area contributed by atoms with Crippen molar-refractivity contribution in [1.29, 1.82) is 0 Å². The fraction of sp³-hybridized carbons (Fsp3) is 0.571. The number of hydrogen-bond acceptors (Lipinski definition) is 4. The molecular weight excluding hydrogens is 310 g/mol. The maximum absolute atomic E-state index is 5.51. The number of nitrogens with zero attached hydrogens (tertiary/aromatic N) is 1. The number of morpholine rings is 1. The fourth-order valence-electron chi connectivity index (χ4n) is 2.25. The summed E-state index contributed by atoms with van der Waals surface area (Å²) in [5.74, 6) is 1.55. The highest BCUT2D eigenvalue weighted by atomic mass is 79.9. The van der Waals surface area contributed by atoms with Crippen LogP contribution in [0.3, 0.4) is 0 Å². The van der Waals surface area contributed by atoms with Gasteiger partial charge in [0.05, 0.1) is 27.4 Å². The molecule has 4 nitrogen and oxygen atoms in total. The average molecular weight is 330 g/mol. The SMILES string of the molecule is COc1ccc(CN2CCOCC2CBr)cc1OC. The van der Waals surface area contributed by atoms with E-state index in [1.54, 1.807) is 14.2 Å². The molecule has 19 heavy (non-hydrogen) atoms.